The Morgan fingerprint density at radius 1 is 1.20 bits per heavy atom. The van der Waals surface area contributed by atoms with Gasteiger partial charge in [-0.25, -0.2) is 0 Å². The predicted octanol–water partition coefficient (Wildman–Crippen LogP) is 2.24. The van der Waals surface area contributed by atoms with Crippen molar-refractivity contribution < 1.29 is 14.3 Å². The van der Waals surface area contributed by atoms with Gasteiger partial charge >= 0.3 is 0 Å². The van der Waals surface area contributed by atoms with Gasteiger partial charge in [0.15, 0.2) is 11.5 Å². The fraction of sp³-hybridized carbons (Fsp3) is 0.438. The van der Waals surface area contributed by atoms with E-state index in [-0.39, 0.29) is 18.6 Å². The number of hydrogen-bond donors (Lipinski definition) is 1. The van der Waals surface area contributed by atoms with Crippen molar-refractivity contribution in [3.63, 3.8) is 0 Å². The van der Waals surface area contributed by atoms with Gasteiger partial charge < -0.3 is 14.8 Å². The minimum atomic E-state index is 0.166. The van der Waals surface area contributed by atoms with Crippen LogP contribution < -0.4 is 14.8 Å². The zero-order valence-electron chi connectivity index (χ0n) is 11.2. The summed E-state index contributed by atoms with van der Waals surface area (Å²) in [7, 11) is 0. The van der Waals surface area contributed by atoms with E-state index < -0.39 is 0 Å². The molecule has 1 aromatic rings. The summed E-state index contributed by atoms with van der Waals surface area (Å²) in [6.07, 6.45) is 6.63. The average Bonchev–Trinajstić information content (AvgIpc) is 3.19. The van der Waals surface area contributed by atoms with Gasteiger partial charge in [-0.3, -0.25) is 4.79 Å². The first-order valence-electron chi connectivity index (χ1n) is 7.14. The standard InChI is InChI=1S/C16H17NO3/c18-16(13-6-10-1-3-12(13)5-10)17-8-11-2-4-14-15(7-11)20-9-19-14/h1-4,7,10,12-13H,5-6,8-9H2,(H,17,18). The number of hydrogen-bond acceptors (Lipinski definition) is 3. The van der Waals surface area contributed by atoms with Crippen LogP contribution in [0.4, 0.5) is 0 Å². The molecule has 4 nitrogen and oxygen atoms in total. The molecular formula is C16H17NO3. The molecule has 1 N–H and O–H groups in total. The van der Waals surface area contributed by atoms with Crippen molar-refractivity contribution in [1.29, 1.82) is 0 Å². The van der Waals surface area contributed by atoms with E-state index in [1.165, 1.54) is 0 Å². The van der Waals surface area contributed by atoms with Gasteiger partial charge in [0.25, 0.3) is 0 Å². The summed E-state index contributed by atoms with van der Waals surface area (Å²) < 4.78 is 10.6. The van der Waals surface area contributed by atoms with E-state index in [1.54, 1.807) is 0 Å². The number of rotatable bonds is 3. The Hall–Kier alpha value is -1.97. The molecule has 1 aliphatic heterocycles. The van der Waals surface area contributed by atoms with Crippen LogP contribution in [-0.2, 0) is 11.3 Å². The van der Waals surface area contributed by atoms with Gasteiger partial charge in [-0.15, -0.1) is 0 Å². The van der Waals surface area contributed by atoms with Crippen molar-refractivity contribution in [3.05, 3.63) is 35.9 Å². The maximum Gasteiger partial charge on any atom is 0.231 e. The van der Waals surface area contributed by atoms with Crippen LogP contribution in [0.25, 0.3) is 0 Å². The molecule has 1 amide bonds. The molecule has 0 saturated heterocycles. The zero-order valence-corrected chi connectivity index (χ0v) is 11.2. The predicted molar refractivity (Wildman–Crippen MR) is 73.3 cm³/mol. The van der Waals surface area contributed by atoms with Crippen molar-refractivity contribution in [2.75, 3.05) is 6.79 Å². The van der Waals surface area contributed by atoms with Crippen LogP contribution in [0.5, 0.6) is 11.5 Å². The molecule has 1 heterocycles. The van der Waals surface area contributed by atoms with E-state index in [4.69, 9.17) is 9.47 Å². The number of benzene rings is 1. The molecular weight excluding hydrogens is 254 g/mol. The third kappa shape index (κ3) is 1.96. The molecule has 1 fully saturated rings. The van der Waals surface area contributed by atoms with E-state index in [1.807, 2.05) is 18.2 Å². The third-order valence-electron chi connectivity index (χ3n) is 4.52. The van der Waals surface area contributed by atoms with E-state index in [9.17, 15) is 4.79 Å². The van der Waals surface area contributed by atoms with Gasteiger partial charge in [-0.05, 0) is 42.4 Å². The molecule has 3 unspecified atom stereocenters. The molecule has 0 radical (unpaired) electrons. The monoisotopic (exact) mass is 271 g/mol. The molecule has 0 spiro atoms. The summed E-state index contributed by atoms with van der Waals surface area (Å²) in [5.41, 5.74) is 1.04. The van der Waals surface area contributed by atoms with Gasteiger partial charge in [0.2, 0.25) is 12.7 Å². The number of nitrogens with one attached hydrogen (secondary N) is 1. The lowest BCUT2D eigenvalue weighted by atomic mass is 9.93. The Morgan fingerprint density at radius 3 is 2.90 bits per heavy atom. The van der Waals surface area contributed by atoms with Crippen LogP contribution in [0.3, 0.4) is 0 Å². The van der Waals surface area contributed by atoms with Crippen molar-refractivity contribution in [3.8, 4) is 11.5 Å². The van der Waals surface area contributed by atoms with E-state index in [2.05, 4.69) is 17.5 Å². The topological polar surface area (TPSA) is 47.6 Å². The number of carbonyl (C=O) groups is 1. The Bertz CT molecular complexity index is 581. The maximum atomic E-state index is 12.2. The second-order valence-electron chi connectivity index (χ2n) is 5.79. The average molecular weight is 271 g/mol. The van der Waals surface area contributed by atoms with Gasteiger partial charge in [0.05, 0.1) is 0 Å². The lowest BCUT2D eigenvalue weighted by Gasteiger charge is -2.17. The first kappa shape index (κ1) is 11.8. The number of amides is 1. The van der Waals surface area contributed by atoms with Crippen molar-refractivity contribution in [1.82, 2.24) is 5.32 Å². The Balaban J connectivity index is 1.38. The lowest BCUT2D eigenvalue weighted by molar-refractivity contribution is -0.125. The van der Waals surface area contributed by atoms with Crippen LogP contribution in [0.1, 0.15) is 18.4 Å². The Labute approximate surface area is 117 Å². The van der Waals surface area contributed by atoms with Crippen molar-refractivity contribution in [2.24, 2.45) is 17.8 Å². The molecule has 2 bridgehead atoms. The molecule has 0 aromatic heterocycles. The highest BCUT2D eigenvalue weighted by Crippen LogP contribution is 2.43. The summed E-state index contributed by atoms with van der Waals surface area (Å²) in [6.45, 7) is 0.829. The lowest BCUT2D eigenvalue weighted by Crippen LogP contribution is -2.32. The van der Waals surface area contributed by atoms with E-state index >= 15 is 0 Å². The zero-order chi connectivity index (χ0) is 13.5. The summed E-state index contributed by atoms with van der Waals surface area (Å²) in [5, 5.41) is 3.05. The smallest absolute Gasteiger partial charge is 0.231 e. The minimum absolute atomic E-state index is 0.166. The molecule has 104 valence electrons. The molecule has 3 aliphatic rings. The fourth-order valence-electron chi connectivity index (χ4n) is 3.45. The van der Waals surface area contributed by atoms with Crippen molar-refractivity contribution in [2.45, 2.75) is 19.4 Å². The third-order valence-corrected chi connectivity index (χ3v) is 4.52. The molecule has 20 heavy (non-hydrogen) atoms. The Morgan fingerprint density at radius 2 is 2.10 bits per heavy atom. The summed E-state index contributed by atoms with van der Waals surface area (Å²) in [5.74, 6) is 2.97. The molecule has 1 aromatic carbocycles. The number of fused-ring (bicyclic) bond motifs is 3. The van der Waals surface area contributed by atoms with Crippen LogP contribution in [0, 0.1) is 17.8 Å². The number of carbonyl (C=O) groups excluding carboxylic acids is 1. The van der Waals surface area contributed by atoms with Gasteiger partial charge in [-0.1, -0.05) is 18.2 Å². The first-order valence-corrected chi connectivity index (χ1v) is 7.14. The van der Waals surface area contributed by atoms with E-state index in [0.29, 0.717) is 18.4 Å². The van der Waals surface area contributed by atoms with Gasteiger partial charge in [-0.2, -0.15) is 0 Å². The van der Waals surface area contributed by atoms with Crippen LogP contribution in [-0.4, -0.2) is 12.7 Å². The largest absolute Gasteiger partial charge is 0.454 e. The van der Waals surface area contributed by atoms with Crippen molar-refractivity contribution >= 4 is 5.91 Å². The molecule has 4 heteroatoms. The molecule has 2 aliphatic carbocycles. The van der Waals surface area contributed by atoms with Crippen LogP contribution in [0.2, 0.25) is 0 Å². The highest BCUT2D eigenvalue weighted by Gasteiger charge is 2.39. The second-order valence-corrected chi connectivity index (χ2v) is 5.79. The quantitative estimate of drug-likeness (QED) is 0.858. The molecule has 3 atom stereocenters. The number of ether oxygens (including phenoxy) is 2. The fourth-order valence-corrected chi connectivity index (χ4v) is 3.45. The molecule has 1 saturated carbocycles. The normalized spacial score (nSPS) is 28.9. The van der Waals surface area contributed by atoms with Crippen LogP contribution in [0.15, 0.2) is 30.4 Å². The second kappa shape index (κ2) is 4.54. The summed E-state index contributed by atoms with van der Waals surface area (Å²) in [4.78, 5) is 12.2. The summed E-state index contributed by atoms with van der Waals surface area (Å²) >= 11 is 0. The van der Waals surface area contributed by atoms with Gasteiger partial charge in [0, 0.05) is 12.5 Å². The van der Waals surface area contributed by atoms with E-state index in [0.717, 1.165) is 29.9 Å². The summed E-state index contributed by atoms with van der Waals surface area (Å²) in [6, 6.07) is 5.79. The van der Waals surface area contributed by atoms with Crippen LogP contribution >= 0.6 is 0 Å². The minimum Gasteiger partial charge on any atom is -0.454 e. The maximum absolute atomic E-state index is 12.2. The highest BCUT2D eigenvalue weighted by molar-refractivity contribution is 5.80. The SMILES string of the molecule is O=C(NCc1ccc2c(c1)OCO2)C1CC2C=CC1C2. The Kier molecular flexibility index (Phi) is 2.69. The first-order chi connectivity index (χ1) is 9.79. The number of allylic oxidation sites excluding steroid dienone is 2. The highest BCUT2D eigenvalue weighted by atomic mass is 16.7. The molecule has 4 rings (SSSR count). The van der Waals surface area contributed by atoms with Gasteiger partial charge in [0.1, 0.15) is 0 Å².